The van der Waals surface area contributed by atoms with E-state index in [2.05, 4.69) is 16.9 Å². The Morgan fingerprint density at radius 2 is 2.00 bits per heavy atom. The molecule has 0 amide bonds. The first-order valence-electron chi connectivity index (χ1n) is 5.61. The first kappa shape index (κ1) is 14.9. The molecule has 1 rings (SSSR count). The molecule has 0 aliphatic carbocycles. The number of nitrogens with one attached hydrogen (secondary N) is 1. The van der Waals surface area contributed by atoms with Gasteiger partial charge in [0.05, 0.1) is 6.54 Å². The fraction of sp³-hybridized carbons (Fsp3) is 0.308. The zero-order chi connectivity index (χ0) is 13.5. The third-order valence-corrected chi connectivity index (χ3v) is 2.97. The first-order chi connectivity index (χ1) is 8.50. The van der Waals surface area contributed by atoms with Crippen molar-refractivity contribution in [2.75, 3.05) is 13.1 Å². The molecular formula is C13H17Cl2N3. The van der Waals surface area contributed by atoms with Crippen LogP contribution in [0.2, 0.25) is 10.0 Å². The van der Waals surface area contributed by atoms with E-state index in [1.807, 2.05) is 25.1 Å². The van der Waals surface area contributed by atoms with Crippen molar-refractivity contribution in [1.82, 2.24) is 5.32 Å². The van der Waals surface area contributed by atoms with Gasteiger partial charge in [-0.05, 0) is 31.0 Å². The van der Waals surface area contributed by atoms with Gasteiger partial charge in [0, 0.05) is 16.6 Å². The number of benzene rings is 1. The summed E-state index contributed by atoms with van der Waals surface area (Å²) in [5, 5.41) is 4.35. The SMILES string of the molecule is C=C(C)CN=C(N)NCCc1c(Cl)cccc1Cl. The van der Waals surface area contributed by atoms with Crippen molar-refractivity contribution in [3.8, 4) is 0 Å². The lowest BCUT2D eigenvalue weighted by Crippen LogP contribution is -2.33. The second kappa shape index (κ2) is 7.29. The highest BCUT2D eigenvalue weighted by atomic mass is 35.5. The van der Waals surface area contributed by atoms with E-state index >= 15 is 0 Å². The molecule has 3 N–H and O–H groups in total. The van der Waals surface area contributed by atoms with Gasteiger partial charge in [0.2, 0.25) is 0 Å². The summed E-state index contributed by atoms with van der Waals surface area (Å²) in [7, 11) is 0. The van der Waals surface area contributed by atoms with Crippen molar-refractivity contribution in [3.05, 3.63) is 46.0 Å². The molecule has 0 saturated carbocycles. The summed E-state index contributed by atoms with van der Waals surface area (Å²) >= 11 is 12.1. The first-order valence-corrected chi connectivity index (χ1v) is 6.37. The molecule has 5 heteroatoms. The molecule has 0 unspecified atom stereocenters. The fourth-order valence-electron chi connectivity index (χ4n) is 1.36. The third kappa shape index (κ3) is 4.98. The van der Waals surface area contributed by atoms with Gasteiger partial charge in [-0.25, -0.2) is 4.99 Å². The minimum Gasteiger partial charge on any atom is -0.370 e. The van der Waals surface area contributed by atoms with Crippen LogP contribution in [0.15, 0.2) is 35.3 Å². The number of nitrogens with two attached hydrogens (primary N) is 1. The molecule has 0 aromatic heterocycles. The number of hydrogen-bond donors (Lipinski definition) is 2. The van der Waals surface area contributed by atoms with Crippen LogP contribution in [-0.2, 0) is 6.42 Å². The van der Waals surface area contributed by atoms with Crippen LogP contribution < -0.4 is 11.1 Å². The number of nitrogens with zero attached hydrogens (tertiary/aromatic N) is 1. The predicted octanol–water partition coefficient (Wildman–Crippen LogP) is 3.02. The second-order valence-electron chi connectivity index (χ2n) is 4.04. The average molecular weight is 286 g/mol. The van der Waals surface area contributed by atoms with Crippen molar-refractivity contribution >= 4 is 29.2 Å². The minimum atomic E-state index is 0.404. The summed E-state index contributed by atoms with van der Waals surface area (Å²) in [5.41, 5.74) is 7.58. The lowest BCUT2D eigenvalue weighted by Gasteiger charge is -2.08. The van der Waals surface area contributed by atoms with Crippen LogP contribution in [0, 0.1) is 0 Å². The van der Waals surface area contributed by atoms with Crippen molar-refractivity contribution in [1.29, 1.82) is 0 Å². The Bertz CT molecular complexity index is 435. The Balaban J connectivity index is 2.47. The number of guanidine groups is 1. The highest BCUT2D eigenvalue weighted by molar-refractivity contribution is 6.35. The van der Waals surface area contributed by atoms with E-state index in [1.54, 1.807) is 0 Å². The smallest absolute Gasteiger partial charge is 0.188 e. The monoisotopic (exact) mass is 285 g/mol. The van der Waals surface area contributed by atoms with Crippen molar-refractivity contribution < 1.29 is 0 Å². The topological polar surface area (TPSA) is 50.4 Å². The van der Waals surface area contributed by atoms with Gasteiger partial charge >= 0.3 is 0 Å². The largest absolute Gasteiger partial charge is 0.370 e. The summed E-state index contributed by atoms with van der Waals surface area (Å²) in [5.74, 6) is 0.404. The van der Waals surface area contributed by atoms with E-state index in [0.717, 1.165) is 11.1 Å². The van der Waals surface area contributed by atoms with Gasteiger partial charge < -0.3 is 11.1 Å². The van der Waals surface area contributed by atoms with E-state index in [1.165, 1.54) is 0 Å². The van der Waals surface area contributed by atoms with Gasteiger partial charge in [0.15, 0.2) is 5.96 Å². The summed E-state index contributed by atoms with van der Waals surface area (Å²) in [6.45, 7) is 6.82. The molecule has 3 nitrogen and oxygen atoms in total. The van der Waals surface area contributed by atoms with Crippen LogP contribution >= 0.6 is 23.2 Å². The summed E-state index contributed by atoms with van der Waals surface area (Å²) in [4.78, 5) is 4.12. The molecular weight excluding hydrogens is 269 g/mol. The molecule has 0 fully saturated rings. The molecule has 0 aliphatic heterocycles. The van der Waals surface area contributed by atoms with Crippen LogP contribution in [-0.4, -0.2) is 19.0 Å². The van der Waals surface area contributed by atoms with Gasteiger partial charge in [0.25, 0.3) is 0 Å². The van der Waals surface area contributed by atoms with E-state index in [4.69, 9.17) is 28.9 Å². The maximum Gasteiger partial charge on any atom is 0.188 e. The highest BCUT2D eigenvalue weighted by Gasteiger charge is 2.04. The van der Waals surface area contributed by atoms with E-state index in [0.29, 0.717) is 35.5 Å². The fourth-order valence-corrected chi connectivity index (χ4v) is 1.95. The van der Waals surface area contributed by atoms with E-state index in [9.17, 15) is 0 Å². The molecule has 1 aromatic carbocycles. The zero-order valence-corrected chi connectivity index (χ0v) is 11.9. The van der Waals surface area contributed by atoms with Gasteiger partial charge in [-0.3, -0.25) is 0 Å². The highest BCUT2D eigenvalue weighted by Crippen LogP contribution is 2.24. The Hall–Kier alpha value is -1.19. The minimum absolute atomic E-state index is 0.404. The van der Waals surface area contributed by atoms with Crippen LogP contribution in [0.4, 0.5) is 0 Å². The van der Waals surface area contributed by atoms with Crippen LogP contribution in [0.5, 0.6) is 0 Å². The van der Waals surface area contributed by atoms with Crippen LogP contribution in [0.1, 0.15) is 12.5 Å². The predicted molar refractivity (Wildman–Crippen MR) is 79.5 cm³/mol. The Labute approximate surface area is 118 Å². The maximum atomic E-state index is 6.06. The number of hydrogen-bond acceptors (Lipinski definition) is 1. The quantitative estimate of drug-likeness (QED) is 0.496. The lowest BCUT2D eigenvalue weighted by atomic mass is 10.1. The molecule has 0 aliphatic rings. The Kier molecular flexibility index (Phi) is 6.02. The molecule has 18 heavy (non-hydrogen) atoms. The van der Waals surface area contributed by atoms with Gasteiger partial charge in [-0.2, -0.15) is 0 Å². The Morgan fingerprint density at radius 1 is 1.39 bits per heavy atom. The summed E-state index contributed by atoms with van der Waals surface area (Å²) < 4.78 is 0. The molecule has 0 saturated heterocycles. The maximum absolute atomic E-state index is 6.06. The Morgan fingerprint density at radius 3 is 2.56 bits per heavy atom. The van der Waals surface area contributed by atoms with Crippen molar-refractivity contribution in [2.45, 2.75) is 13.3 Å². The number of rotatable bonds is 5. The van der Waals surface area contributed by atoms with E-state index < -0.39 is 0 Å². The van der Waals surface area contributed by atoms with Gasteiger partial charge in [-0.1, -0.05) is 41.4 Å². The van der Waals surface area contributed by atoms with Crippen molar-refractivity contribution in [2.24, 2.45) is 10.7 Å². The van der Waals surface area contributed by atoms with Crippen molar-refractivity contribution in [3.63, 3.8) is 0 Å². The van der Waals surface area contributed by atoms with Crippen LogP contribution in [0.3, 0.4) is 0 Å². The molecule has 0 bridgehead atoms. The number of halogens is 2. The zero-order valence-electron chi connectivity index (χ0n) is 10.3. The summed E-state index contributed by atoms with van der Waals surface area (Å²) in [6.07, 6.45) is 0.696. The third-order valence-electron chi connectivity index (χ3n) is 2.26. The summed E-state index contributed by atoms with van der Waals surface area (Å²) in [6, 6.07) is 5.47. The van der Waals surface area contributed by atoms with Gasteiger partial charge in [-0.15, -0.1) is 0 Å². The molecule has 0 radical (unpaired) electrons. The molecule has 0 heterocycles. The average Bonchev–Trinajstić information content (AvgIpc) is 2.30. The second-order valence-corrected chi connectivity index (χ2v) is 4.85. The van der Waals surface area contributed by atoms with Crippen LogP contribution in [0.25, 0.3) is 0 Å². The normalized spacial score (nSPS) is 11.4. The molecule has 1 aromatic rings. The molecule has 0 atom stereocenters. The lowest BCUT2D eigenvalue weighted by molar-refractivity contribution is 0.852. The van der Waals surface area contributed by atoms with Gasteiger partial charge in [0.1, 0.15) is 0 Å². The molecule has 98 valence electrons. The molecule has 0 spiro atoms. The van der Waals surface area contributed by atoms with E-state index in [-0.39, 0.29) is 0 Å². The standard InChI is InChI=1S/C13H17Cl2N3/c1-9(2)8-18-13(16)17-7-6-10-11(14)4-3-5-12(10)15/h3-5H,1,6-8H2,2H3,(H3,16,17,18). The number of aliphatic imine (C=N–C) groups is 1.